The Kier molecular flexibility index (Phi) is 5.36. The van der Waals surface area contributed by atoms with Crippen LogP contribution in [0.1, 0.15) is 23.2 Å². The van der Waals surface area contributed by atoms with E-state index in [2.05, 4.69) is 5.32 Å². The van der Waals surface area contributed by atoms with E-state index in [1.54, 1.807) is 31.4 Å². The lowest BCUT2D eigenvalue weighted by atomic mass is 10.2. The number of ether oxygens (including phenoxy) is 1. The number of anilines is 1. The van der Waals surface area contributed by atoms with Crippen LogP contribution < -0.4 is 11.1 Å². The average molecular weight is 222 g/mol. The van der Waals surface area contributed by atoms with E-state index in [0.717, 1.165) is 19.4 Å². The number of nitrogens with one attached hydrogen (secondary N) is 1. The molecule has 0 aliphatic carbocycles. The Bertz CT molecular complexity index is 340. The first-order valence-electron chi connectivity index (χ1n) is 5.36. The fourth-order valence-corrected chi connectivity index (χ4v) is 1.36. The van der Waals surface area contributed by atoms with Gasteiger partial charge in [0.15, 0.2) is 0 Å². The van der Waals surface area contributed by atoms with E-state index in [4.69, 9.17) is 10.5 Å². The zero-order valence-corrected chi connectivity index (χ0v) is 9.53. The van der Waals surface area contributed by atoms with Gasteiger partial charge >= 0.3 is 0 Å². The fraction of sp³-hybridized carbons (Fsp3) is 0.417. The summed E-state index contributed by atoms with van der Waals surface area (Å²) in [5.41, 5.74) is 6.80. The third-order valence-electron chi connectivity index (χ3n) is 2.21. The first-order chi connectivity index (χ1) is 7.74. The van der Waals surface area contributed by atoms with Crippen molar-refractivity contribution in [1.29, 1.82) is 0 Å². The molecule has 0 bridgehead atoms. The van der Waals surface area contributed by atoms with Gasteiger partial charge in [0.2, 0.25) is 0 Å². The summed E-state index contributed by atoms with van der Waals surface area (Å²) in [5, 5.41) is 2.84. The minimum absolute atomic E-state index is 0.0790. The number of nitrogens with two attached hydrogens (primary N) is 1. The van der Waals surface area contributed by atoms with E-state index >= 15 is 0 Å². The number of rotatable bonds is 6. The monoisotopic (exact) mass is 222 g/mol. The van der Waals surface area contributed by atoms with Gasteiger partial charge in [0, 0.05) is 31.5 Å². The predicted molar refractivity (Wildman–Crippen MR) is 64.3 cm³/mol. The Morgan fingerprint density at radius 1 is 1.44 bits per heavy atom. The number of methoxy groups -OCH3 is 1. The van der Waals surface area contributed by atoms with Gasteiger partial charge in [-0.1, -0.05) is 6.07 Å². The molecule has 0 unspecified atom stereocenters. The number of nitrogen functional groups attached to an aromatic ring is 1. The van der Waals surface area contributed by atoms with Crippen molar-refractivity contribution in [2.24, 2.45) is 0 Å². The summed E-state index contributed by atoms with van der Waals surface area (Å²) >= 11 is 0. The molecule has 0 saturated carbocycles. The molecule has 1 aromatic carbocycles. The van der Waals surface area contributed by atoms with Crippen LogP contribution in [0.5, 0.6) is 0 Å². The van der Waals surface area contributed by atoms with E-state index < -0.39 is 0 Å². The van der Waals surface area contributed by atoms with Crippen molar-refractivity contribution >= 4 is 11.6 Å². The van der Waals surface area contributed by atoms with Crippen molar-refractivity contribution < 1.29 is 9.53 Å². The lowest BCUT2D eigenvalue weighted by Crippen LogP contribution is -2.24. The normalized spacial score (nSPS) is 10.1. The Morgan fingerprint density at radius 2 is 2.25 bits per heavy atom. The quantitative estimate of drug-likeness (QED) is 0.565. The third-order valence-corrected chi connectivity index (χ3v) is 2.21. The van der Waals surface area contributed by atoms with Crippen molar-refractivity contribution in [3.05, 3.63) is 29.8 Å². The summed E-state index contributed by atoms with van der Waals surface area (Å²) in [6.07, 6.45) is 1.87. The number of carbonyl (C=O) groups is 1. The Balaban J connectivity index is 2.30. The molecule has 4 nitrogen and oxygen atoms in total. The molecule has 0 aliphatic rings. The smallest absolute Gasteiger partial charge is 0.251 e. The molecule has 0 atom stereocenters. The van der Waals surface area contributed by atoms with Crippen LogP contribution in [0.3, 0.4) is 0 Å². The molecule has 0 fully saturated rings. The number of hydrogen-bond acceptors (Lipinski definition) is 3. The number of benzene rings is 1. The van der Waals surface area contributed by atoms with E-state index in [-0.39, 0.29) is 5.91 Å². The van der Waals surface area contributed by atoms with Gasteiger partial charge in [0.05, 0.1) is 0 Å². The van der Waals surface area contributed by atoms with Crippen molar-refractivity contribution in [3.8, 4) is 0 Å². The van der Waals surface area contributed by atoms with Gasteiger partial charge in [-0.15, -0.1) is 0 Å². The van der Waals surface area contributed by atoms with Crippen molar-refractivity contribution in [2.45, 2.75) is 12.8 Å². The highest BCUT2D eigenvalue weighted by molar-refractivity contribution is 5.94. The van der Waals surface area contributed by atoms with Crippen LogP contribution in [-0.4, -0.2) is 26.2 Å². The van der Waals surface area contributed by atoms with Crippen LogP contribution >= 0.6 is 0 Å². The largest absolute Gasteiger partial charge is 0.399 e. The molecule has 4 heteroatoms. The van der Waals surface area contributed by atoms with E-state index in [0.29, 0.717) is 17.8 Å². The van der Waals surface area contributed by atoms with Crippen molar-refractivity contribution in [2.75, 3.05) is 26.0 Å². The number of carbonyl (C=O) groups excluding carboxylic acids is 1. The molecular formula is C12H18N2O2. The lowest BCUT2D eigenvalue weighted by Gasteiger charge is -2.05. The maximum absolute atomic E-state index is 11.6. The zero-order valence-electron chi connectivity index (χ0n) is 9.53. The van der Waals surface area contributed by atoms with Gasteiger partial charge in [-0.3, -0.25) is 4.79 Å². The first-order valence-corrected chi connectivity index (χ1v) is 5.36. The van der Waals surface area contributed by atoms with Gasteiger partial charge in [0.25, 0.3) is 5.91 Å². The molecule has 3 N–H and O–H groups in total. The summed E-state index contributed by atoms with van der Waals surface area (Å²) in [4.78, 5) is 11.6. The highest BCUT2D eigenvalue weighted by Crippen LogP contribution is 2.06. The van der Waals surface area contributed by atoms with Gasteiger partial charge in [-0.25, -0.2) is 0 Å². The Labute approximate surface area is 95.8 Å². The number of hydrogen-bond donors (Lipinski definition) is 2. The second kappa shape index (κ2) is 6.85. The van der Waals surface area contributed by atoms with Crippen LogP contribution in [-0.2, 0) is 4.74 Å². The molecule has 1 amide bonds. The SMILES string of the molecule is COCCCCNC(=O)c1cccc(N)c1. The van der Waals surface area contributed by atoms with Crippen LogP contribution in [0, 0.1) is 0 Å². The minimum Gasteiger partial charge on any atom is -0.399 e. The minimum atomic E-state index is -0.0790. The second-order valence-electron chi connectivity index (χ2n) is 3.58. The first kappa shape index (κ1) is 12.5. The lowest BCUT2D eigenvalue weighted by molar-refractivity contribution is 0.0951. The molecule has 1 rings (SSSR count). The van der Waals surface area contributed by atoms with Crippen LogP contribution in [0.25, 0.3) is 0 Å². The molecule has 0 aromatic heterocycles. The number of amides is 1. The summed E-state index contributed by atoms with van der Waals surface area (Å²) in [6.45, 7) is 1.39. The highest BCUT2D eigenvalue weighted by atomic mass is 16.5. The zero-order chi connectivity index (χ0) is 11.8. The molecule has 16 heavy (non-hydrogen) atoms. The maximum atomic E-state index is 11.6. The topological polar surface area (TPSA) is 64.3 Å². The fourth-order valence-electron chi connectivity index (χ4n) is 1.36. The van der Waals surface area contributed by atoms with Gasteiger partial charge in [0.1, 0.15) is 0 Å². The second-order valence-corrected chi connectivity index (χ2v) is 3.58. The summed E-state index contributed by atoms with van der Waals surface area (Å²) < 4.78 is 4.92. The van der Waals surface area contributed by atoms with E-state index in [9.17, 15) is 4.79 Å². The molecule has 0 aliphatic heterocycles. The van der Waals surface area contributed by atoms with Crippen molar-refractivity contribution in [1.82, 2.24) is 5.32 Å². The van der Waals surface area contributed by atoms with E-state index in [1.165, 1.54) is 0 Å². The summed E-state index contributed by atoms with van der Waals surface area (Å²) in [6, 6.07) is 6.95. The molecule has 0 heterocycles. The molecule has 1 aromatic rings. The molecule has 0 spiro atoms. The standard InChI is InChI=1S/C12H18N2O2/c1-16-8-3-2-7-14-12(15)10-5-4-6-11(13)9-10/h4-6,9H,2-3,7-8,13H2,1H3,(H,14,15). The predicted octanol–water partition coefficient (Wildman–Crippen LogP) is 1.43. The molecular weight excluding hydrogens is 204 g/mol. The van der Waals surface area contributed by atoms with Crippen LogP contribution in [0.2, 0.25) is 0 Å². The summed E-state index contributed by atoms with van der Waals surface area (Å²) in [5.74, 6) is -0.0790. The van der Waals surface area contributed by atoms with Crippen LogP contribution in [0.15, 0.2) is 24.3 Å². The van der Waals surface area contributed by atoms with Gasteiger partial charge in [-0.05, 0) is 31.0 Å². The van der Waals surface area contributed by atoms with Gasteiger partial charge < -0.3 is 15.8 Å². The van der Waals surface area contributed by atoms with Crippen molar-refractivity contribution in [3.63, 3.8) is 0 Å². The van der Waals surface area contributed by atoms with Crippen LogP contribution in [0.4, 0.5) is 5.69 Å². The summed E-state index contributed by atoms with van der Waals surface area (Å²) in [7, 11) is 1.67. The molecule has 0 radical (unpaired) electrons. The molecule has 88 valence electrons. The highest BCUT2D eigenvalue weighted by Gasteiger charge is 2.03. The maximum Gasteiger partial charge on any atom is 0.251 e. The third kappa shape index (κ3) is 4.31. The van der Waals surface area contributed by atoms with Gasteiger partial charge in [-0.2, -0.15) is 0 Å². The Morgan fingerprint density at radius 3 is 2.94 bits per heavy atom. The molecule has 0 saturated heterocycles. The average Bonchev–Trinajstić information content (AvgIpc) is 2.28. The number of unbranched alkanes of at least 4 members (excludes halogenated alkanes) is 1. The van der Waals surface area contributed by atoms with E-state index in [1.807, 2.05) is 0 Å². The Hall–Kier alpha value is -1.55.